The van der Waals surface area contributed by atoms with Crippen LogP contribution in [0.25, 0.3) is 0 Å². The standard InChI is InChI=1S/C15H22O3/c1-5-7-11-8-6-9-12(14(11)17)10-13(16)18-15(2,3)4/h1,11-12H,6-10H2,2-4H3/t11?,12-/m0/s1. The molecule has 1 rings (SSSR count). The van der Waals surface area contributed by atoms with Gasteiger partial charge in [-0.1, -0.05) is 6.42 Å². The van der Waals surface area contributed by atoms with Gasteiger partial charge in [0.2, 0.25) is 0 Å². The Hall–Kier alpha value is -1.30. The van der Waals surface area contributed by atoms with Crippen molar-refractivity contribution in [2.24, 2.45) is 11.8 Å². The van der Waals surface area contributed by atoms with Crippen LogP contribution in [0.1, 0.15) is 52.9 Å². The average Bonchev–Trinajstić information content (AvgIpc) is 2.21. The normalized spacial score (nSPS) is 24.4. The molecule has 0 N–H and O–H groups in total. The Labute approximate surface area is 109 Å². The van der Waals surface area contributed by atoms with Gasteiger partial charge >= 0.3 is 5.97 Å². The van der Waals surface area contributed by atoms with Crippen molar-refractivity contribution in [1.82, 2.24) is 0 Å². The maximum atomic E-state index is 12.1. The van der Waals surface area contributed by atoms with Crippen molar-refractivity contribution >= 4 is 11.8 Å². The lowest BCUT2D eigenvalue weighted by Gasteiger charge is -2.27. The molecule has 1 fully saturated rings. The van der Waals surface area contributed by atoms with Crippen LogP contribution in [0, 0.1) is 24.2 Å². The number of esters is 1. The van der Waals surface area contributed by atoms with Crippen LogP contribution >= 0.6 is 0 Å². The van der Waals surface area contributed by atoms with E-state index in [9.17, 15) is 9.59 Å². The number of Topliss-reactive ketones (excluding diaryl/α,β-unsaturated/α-hetero) is 1. The van der Waals surface area contributed by atoms with Gasteiger partial charge in [-0.25, -0.2) is 0 Å². The molecule has 0 aliphatic heterocycles. The van der Waals surface area contributed by atoms with Crippen LogP contribution in [-0.2, 0) is 14.3 Å². The van der Waals surface area contributed by atoms with Gasteiger partial charge in [0.25, 0.3) is 0 Å². The second-order valence-electron chi connectivity index (χ2n) is 5.93. The van der Waals surface area contributed by atoms with Gasteiger partial charge in [0.15, 0.2) is 0 Å². The van der Waals surface area contributed by atoms with E-state index in [0.717, 1.165) is 19.3 Å². The first kappa shape index (κ1) is 14.8. The summed E-state index contributed by atoms with van der Waals surface area (Å²) in [5, 5.41) is 0. The average molecular weight is 250 g/mol. The first-order chi connectivity index (χ1) is 8.33. The van der Waals surface area contributed by atoms with Crippen LogP contribution in [0.15, 0.2) is 0 Å². The molecule has 1 unspecified atom stereocenters. The highest BCUT2D eigenvalue weighted by Crippen LogP contribution is 2.30. The Morgan fingerprint density at radius 1 is 1.39 bits per heavy atom. The molecule has 0 spiro atoms. The van der Waals surface area contributed by atoms with E-state index in [0.29, 0.717) is 6.42 Å². The zero-order valence-electron chi connectivity index (χ0n) is 11.5. The third-order valence-corrected chi connectivity index (χ3v) is 3.11. The van der Waals surface area contributed by atoms with E-state index >= 15 is 0 Å². The zero-order chi connectivity index (χ0) is 13.8. The van der Waals surface area contributed by atoms with Gasteiger partial charge < -0.3 is 4.74 Å². The summed E-state index contributed by atoms with van der Waals surface area (Å²) >= 11 is 0. The second-order valence-corrected chi connectivity index (χ2v) is 5.93. The van der Waals surface area contributed by atoms with E-state index in [-0.39, 0.29) is 30.0 Å². The fourth-order valence-corrected chi connectivity index (χ4v) is 2.36. The molecule has 1 saturated carbocycles. The van der Waals surface area contributed by atoms with Crippen LogP contribution in [0.3, 0.4) is 0 Å². The lowest BCUT2D eigenvalue weighted by molar-refractivity contribution is -0.158. The fraction of sp³-hybridized carbons (Fsp3) is 0.733. The smallest absolute Gasteiger partial charge is 0.307 e. The van der Waals surface area contributed by atoms with Gasteiger partial charge in [0.1, 0.15) is 11.4 Å². The first-order valence-electron chi connectivity index (χ1n) is 6.52. The Kier molecular flexibility index (Phi) is 4.95. The molecule has 3 nitrogen and oxygen atoms in total. The van der Waals surface area contributed by atoms with Crippen molar-refractivity contribution in [3.63, 3.8) is 0 Å². The number of rotatable bonds is 3. The highest BCUT2D eigenvalue weighted by molar-refractivity contribution is 5.88. The van der Waals surface area contributed by atoms with Gasteiger partial charge in [-0.2, -0.15) is 0 Å². The van der Waals surface area contributed by atoms with Gasteiger partial charge in [0.05, 0.1) is 6.42 Å². The summed E-state index contributed by atoms with van der Waals surface area (Å²) in [6.45, 7) is 5.48. The van der Waals surface area contributed by atoms with Crippen molar-refractivity contribution in [3.8, 4) is 12.3 Å². The van der Waals surface area contributed by atoms with Crippen LogP contribution in [-0.4, -0.2) is 17.4 Å². The maximum absolute atomic E-state index is 12.1. The molecule has 0 amide bonds. The lowest BCUT2D eigenvalue weighted by atomic mass is 9.77. The number of carbonyl (C=O) groups is 2. The Bertz CT molecular complexity index is 357. The molecule has 0 aromatic heterocycles. The van der Waals surface area contributed by atoms with Crippen molar-refractivity contribution in [2.75, 3.05) is 0 Å². The summed E-state index contributed by atoms with van der Waals surface area (Å²) in [5.41, 5.74) is -0.493. The predicted octanol–water partition coefficient (Wildman–Crippen LogP) is 2.73. The van der Waals surface area contributed by atoms with Gasteiger partial charge in [-0.05, 0) is 33.6 Å². The Morgan fingerprint density at radius 3 is 2.56 bits per heavy atom. The van der Waals surface area contributed by atoms with E-state index in [4.69, 9.17) is 11.2 Å². The number of carbonyl (C=O) groups excluding carboxylic acids is 2. The second kappa shape index (κ2) is 6.04. The highest BCUT2D eigenvalue weighted by atomic mass is 16.6. The molecule has 1 aliphatic carbocycles. The molecule has 0 heterocycles. The van der Waals surface area contributed by atoms with Crippen molar-refractivity contribution in [2.45, 2.75) is 58.5 Å². The fourth-order valence-electron chi connectivity index (χ4n) is 2.36. The highest BCUT2D eigenvalue weighted by Gasteiger charge is 2.33. The number of ketones is 1. The summed E-state index contributed by atoms with van der Waals surface area (Å²) in [6.07, 6.45) is 8.53. The van der Waals surface area contributed by atoms with Gasteiger partial charge in [-0.15, -0.1) is 12.3 Å². The van der Waals surface area contributed by atoms with E-state index in [1.54, 1.807) is 0 Å². The van der Waals surface area contributed by atoms with E-state index in [1.165, 1.54) is 0 Å². The number of hydrogen-bond donors (Lipinski definition) is 0. The predicted molar refractivity (Wildman–Crippen MR) is 69.8 cm³/mol. The van der Waals surface area contributed by atoms with E-state index in [2.05, 4.69) is 5.92 Å². The van der Waals surface area contributed by atoms with Gasteiger partial charge in [0, 0.05) is 18.3 Å². The molecule has 18 heavy (non-hydrogen) atoms. The SMILES string of the molecule is C#CCC1CCC[C@@H](CC(=O)OC(C)(C)C)C1=O. The molecule has 0 radical (unpaired) electrons. The largest absolute Gasteiger partial charge is 0.460 e. The lowest BCUT2D eigenvalue weighted by Crippen LogP contribution is -2.32. The molecule has 100 valence electrons. The number of ether oxygens (including phenoxy) is 1. The number of terminal acetylenes is 1. The summed E-state index contributed by atoms with van der Waals surface area (Å²) < 4.78 is 5.25. The number of hydrogen-bond acceptors (Lipinski definition) is 3. The molecule has 0 bridgehead atoms. The van der Waals surface area contributed by atoms with E-state index < -0.39 is 5.60 Å². The minimum atomic E-state index is -0.493. The quantitative estimate of drug-likeness (QED) is 0.571. The summed E-state index contributed by atoms with van der Waals surface area (Å²) in [6, 6.07) is 0. The molecule has 2 atom stereocenters. The van der Waals surface area contributed by atoms with Crippen LogP contribution in [0.4, 0.5) is 0 Å². The minimum Gasteiger partial charge on any atom is -0.460 e. The summed E-state index contributed by atoms with van der Waals surface area (Å²) in [5.74, 6) is 2.14. The molecule has 1 aliphatic rings. The monoisotopic (exact) mass is 250 g/mol. The third kappa shape index (κ3) is 4.52. The minimum absolute atomic E-state index is 0.0591. The van der Waals surface area contributed by atoms with Crippen molar-refractivity contribution in [1.29, 1.82) is 0 Å². The topological polar surface area (TPSA) is 43.4 Å². The molecule has 0 saturated heterocycles. The van der Waals surface area contributed by atoms with Crippen molar-refractivity contribution < 1.29 is 14.3 Å². The van der Waals surface area contributed by atoms with Crippen LogP contribution < -0.4 is 0 Å². The molecular formula is C15H22O3. The molecule has 3 heteroatoms. The third-order valence-electron chi connectivity index (χ3n) is 3.11. The molecule has 0 aromatic rings. The van der Waals surface area contributed by atoms with Gasteiger partial charge in [-0.3, -0.25) is 9.59 Å². The summed E-state index contributed by atoms with van der Waals surface area (Å²) in [7, 11) is 0. The van der Waals surface area contributed by atoms with Crippen LogP contribution in [0.2, 0.25) is 0 Å². The first-order valence-corrected chi connectivity index (χ1v) is 6.52. The van der Waals surface area contributed by atoms with Crippen LogP contribution in [0.5, 0.6) is 0 Å². The molecular weight excluding hydrogens is 228 g/mol. The van der Waals surface area contributed by atoms with E-state index in [1.807, 2.05) is 20.8 Å². The molecule has 0 aromatic carbocycles. The Morgan fingerprint density at radius 2 is 2.00 bits per heavy atom. The summed E-state index contributed by atoms with van der Waals surface area (Å²) in [4.78, 5) is 23.8. The van der Waals surface area contributed by atoms with Crippen molar-refractivity contribution in [3.05, 3.63) is 0 Å². The zero-order valence-corrected chi connectivity index (χ0v) is 11.5. The maximum Gasteiger partial charge on any atom is 0.307 e. The Balaban J connectivity index is 2.54.